The highest BCUT2D eigenvalue weighted by Gasteiger charge is 2.55. The van der Waals surface area contributed by atoms with E-state index in [0.29, 0.717) is 50.6 Å². The Morgan fingerprint density at radius 1 is 0.933 bits per heavy atom. The maximum atomic E-state index is 14.2. The molecule has 2 bridgehead atoms. The van der Waals surface area contributed by atoms with Crippen LogP contribution in [0, 0.1) is 16.7 Å². The van der Waals surface area contributed by atoms with E-state index < -0.39 is 0 Å². The zero-order valence-electron chi connectivity index (χ0n) is 33.3. The van der Waals surface area contributed by atoms with Crippen molar-refractivity contribution in [3.63, 3.8) is 0 Å². The van der Waals surface area contributed by atoms with Crippen molar-refractivity contribution < 1.29 is 23.9 Å². The van der Waals surface area contributed by atoms with Crippen LogP contribution in [0.25, 0.3) is 27.5 Å². The van der Waals surface area contributed by atoms with Crippen LogP contribution in [0.4, 0.5) is 5.69 Å². The summed E-state index contributed by atoms with van der Waals surface area (Å²) in [5.74, 6) is -0.106. The Balaban J connectivity index is 0.790. The highest BCUT2D eigenvalue weighted by molar-refractivity contribution is 7.14. The number of nitriles is 1. The lowest BCUT2D eigenvalue weighted by Gasteiger charge is -2.53. The van der Waals surface area contributed by atoms with Gasteiger partial charge in [-0.3, -0.25) is 24.7 Å². The Labute approximate surface area is 350 Å². The van der Waals surface area contributed by atoms with Crippen molar-refractivity contribution in [3.8, 4) is 33.9 Å². The number of hydrogen-bond donors (Lipinski definition) is 2. The zero-order valence-corrected chi connectivity index (χ0v) is 34.1. The van der Waals surface area contributed by atoms with Gasteiger partial charge in [-0.15, -0.1) is 10.2 Å². The van der Waals surface area contributed by atoms with Gasteiger partial charge in [-0.1, -0.05) is 17.4 Å². The van der Waals surface area contributed by atoms with E-state index in [1.165, 1.54) is 0 Å². The Bertz CT molecular complexity index is 2470. The van der Waals surface area contributed by atoms with E-state index in [0.717, 1.165) is 108 Å². The summed E-state index contributed by atoms with van der Waals surface area (Å²) in [6.45, 7) is 2.73. The van der Waals surface area contributed by atoms with Gasteiger partial charge in [0.1, 0.15) is 17.2 Å². The fourth-order valence-corrected chi connectivity index (χ4v) is 11.1. The van der Waals surface area contributed by atoms with E-state index in [-0.39, 0.29) is 46.6 Å². The van der Waals surface area contributed by atoms with Crippen LogP contribution in [0.5, 0.6) is 5.88 Å². The normalized spacial score (nSPS) is 24.9. The molecule has 1 atom stereocenters. The molecular weight excluding hydrogens is 781 g/mol. The van der Waals surface area contributed by atoms with Crippen molar-refractivity contribution in [2.45, 2.75) is 101 Å². The monoisotopic (exact) mass is 826 g/mol. The summed E-state index contributed by atoms with van der Waals surface area (Å²) in [7, 11) is 0. The molecular formula is C44H46N10O5S. The van der Waals surface area contributed by atoms with Gasteiger partial charge in [-0.25, -0.2) is 9.50 Å². The number of imide groups is 1. The fourth-order valence-electron chi connectivity index (χ4n) is 9.94. The van der Waals surface area contributed by atoms with Gasteiger partial charge in [0.15, 0.2) is 5.01 Å². The average Bonchev–Trinajstić information content (AvgIpc) is 3.96. The summed E-state index contributed by atoms with van der Waals surface area (Å²) >= 11 is 1.65. The Morgan fingerprint density at radius 3 is 2.47 bits per heavy atom. The third-order valence-electron chi connectivity index (χ3n) is 13.6. The van der Waals surface area contributed by atoms with Gasteiger partial charge < -0.3 is 19.7 Å². The molecule has 5 aromatic heterocycles. The molecule has 2 N–H and O–H groups in total. The second-order valence-electron chi connectivity index (χ2n) is 17.1. The summed E-state index contributed by atoms with van der Waals surface area (Å²) in [5, 5.41) is 31.6. The van der Waals surface area contributed by atoms with Gasteiger partial charge in [0.25, 0.3) is 0 Å². The van der Waals surface area contributed by atoms with E-state index in [2.05, 4.69) is 37.8 Å². The van der Waals surface area contributed by atoms with Crippen molar-refractivity contribution in [2.75, 3.05) is 31.6 Å². The maximum Gasteiger partial charge on any atom is 0.234 e. The van der Waals surface area contributed by atoms with Gasteiger partial charge in [0.2, 0.25) is 23.6 Å². The lowest BCUT2D eigenvalue weighted by Crippen LogP contribution is -2.54. The van der Waals surface area contributed by atoms with Gasteiger partial charge in [-0.05, 0) is 87.6 Å². The van der Waals surface area contributed by atoms with Gasteiger partial charge in [0.05, 0.1) is 40.1 Å². The van der Waals surface area contributed by atoms with E-state index >= 15 is 0 Å². The SMILES string of the molecule is N#Cc1cnn2c(-c3cc(NC4CCOCC4)c(-c4nnc(C56CCC(C(=O)N7CCC(Oc8ccc(C9CCC(=O)NC9=O)cn8)CC7)(CC5)CC6)s4)cn3)ccc2c1. The Hall–Kier alpha value is -5.79. The van der Waals surface area contributed by atoms with Crippen LogP contribution < -0.4 is 15.4 Å². The van der Waals surface area contributed by atoms with Crippen LogP contribution in [0.15, 0.2) is 55.0 Å². The molecule has 60 heavy (non-hydrogen) atoms. The first-order valence-electron chi connectivity index (χ1n) is 21.1. The van der Waals surface area contributed by atoms with E-state index in [4.69, 9.17) is 24.7 Å². The first-order chi connectivity index (χ1) is 29.3. The molecule has 5 aromatic rings. The highest BCUT2D eigenvalue weighted by Crippen LogP contribution is 2.59. The van der Waals surface area contributed by atoms with Crippen molar-refractivity contribution >= 4 is 40.3 Å². The van der Waals surface area contributed by atoms with Crippen molar-refractivity contribution in [2.24, 2.45) is 5.41 Å². The molecule has 3 aliphatic heterocycles. The van der Waals surface area contributed by atoms with Crippen molar-refractivity contribution in [3.05, 3.63) is 71.1 Å². The maximum absolute atomic E-state index is 14.2. The number of amides is 3. The fraction of sp³-hybridized carbons (Fsp3) is 0.477. The Morgan fingerprint density at radius 2 is 1.73 bits per heavy atom. The number of rotatable bonds is 9. The quantitative estimate of drug-likeness (QED) is 0.166. The lowest BCUT2D eigenvalue weighted by molar-refractivity contribution is -0.151. The smallest absolute Gasteiger partial charge is 0.234 e. The average molecular weight is 827 g/mol. The highest BCUT2D eigenvalue weighted by atomic mass is 32.1. The number of nitrogens with zero attached hydrogens (tertiary/aromatic N) is 8. The van der Waals surface area contributed by atoms with Crippen LogP contribution in [-0.2, 0) is 24.5 Å². The molecule has 0 spiro atoms. The summed E-state index contributed by atoms with van der Waals surface area (Å²) in [6.07, 6.45) is 14.5. The van der Waals surface area contributed by atoms with Gasteiger partial charge in [-0.2, -0.15) is 10.4 Å². The number of fused-ring (bicyclic) bond motifs is 4. The molecule has 6 fully saturated rings. The molecule has 0 radical (unpaired) electrons. The molecule has 308 valence electrons. The predicted molar refractivity (Wildman–Crippen MR) is 221 cm³/mol. The number of likely N-dealkylation sites (tertiary alicyclic amines) is 1. The molecule has 6 aliphatic rings. The molecule has 3 aliphatic carbocycles. The number of piperidine rings is 2. The van der Waals surface area contributed by atoms with E-state index in [1.54, 1.807) is 29.8 Å². The number of aromatic nitrogens is 6. The molecule has 3 saturated heterocycles. The van der Waals surface area contributed by atoms with Crippen LogP contribution in [0.1, 0.15) is 99.1 Å². The minimum atomic E-state index is -0.379. The first kappa shape index (κ1) is 38.4. The molecule has 8 heterocycles. The largest absolute Gasteiger partial charge is 0.474 e. The summed E-state index contributed by atoms with van der Waals surface area (Å²) in [4.78, 5) is 49.5. The number of carbonyl (C=O) groups excluding carboxylic acids is 3. The van der Waals surface area contributed by atoms with Crippen molar-refractivity contribution in [1.82, 2.24) is 40.0 Å². The molecule has 3 saturated carbocycles. The standard InChI is InChI=1S/C44H46N10O5S/c45-23-27-21-30-2-4-36(54(30)48-24-27)35-22-34(49-29-9-19-58-20-10-29)33(26-46-35)40-51-52-41(60-40)43-11-14-44(15-12-43,16-13-43)42(57)53-17-7-31(8-18-53)59-38-6-1-28(25-47-38)32-3-5-37(55)50-39(32)56/h1-2,4,6,21-22,24-26,29,31-32H,3,5,7-20H2,(H,46,49)(H,50,55,56). The molecule has 15 nitrogen and oxygen atoms in total. The lowest BCUT2D eigenvalue weighted by atomic mass is 9.53. The van der Waals surface area contributed by atoms with Crippen LogP contribution in [0.2, 0.25) is 0 Å². The van der Waals surface area contributed by atoms with Gasteiger partial charge >= 0.3 is 0 Å². The number of pyridine rings is 2. The van der Waals surface area contributed by atoms with Gasteiger partial charge in [0, 0.05) is 86.6 Å². The van der Waals surface area contributed by atoms with Crippen LogP contribution >= 0.6 is 11.3 Å². The zero-order chi connectivity index (χ0) is 40.8. The molecule has 1 unspecified atom stereocenters. The minimum Gasteiger partial charge on any atom is -0.474 e. The summed E-state index contributed by atoms with van der Waals surface area (Å²) in [5.41, 5.74) is 5.15. The molecule has 0 aromatic carbocycles. The number of carbonyl (C=O) groups is 3. The Kier molecular flexibility index (Phi) is 10.0. The summed E-state index contributed by atoms with van der Waals surface area (Å²) < 4.78 is 13.7. The van der Waals surface area contributed by atoms with E-state index in [9.17, 15) is 19.6 Å². The number of nitrogens with one attached hydrogen (secondary N) is 2. The third kappa shape index (κ3) is 7.17. The molecule has 16 heteroatoms. The molecule has 11 rings (SSSR count). The second-order valence-corrected chi connectivity index (χ2v) is 18.1. The topological polar surface area (TPSA) is 190 Å². The third-order valence-corrected chi connectivity index (χ3v) is 14.8. The summed E-state index contributed by atoms with van der Waals surface area (Å²) in [6, 6.07) is 13.9. The van der Waals surface area contributed by atoms with Crippen molar-refractivity contribution in [1.29, 1.82) is 5.26 Å². The number of ether oxygens (including phenoxy) is 2. The van der Waals surface area contributed by atoms with E-state index in [1.807, 2.05) is 35.0 Å². The van der Waals surface area contributed by atoms with Crippen LogP contribution in [-0.4, -0.2) is 90.8 Å². The second kappa shape index (κ2) is 15.7. The molecule has 3 amide bonds. The number of hydrogen-bond acceptors (Lipinski definition) is 13. The van der Waals surface area contributed by atoms with Crippen LogP contribution in [0.3, 0.4) is 0 Å². The minimum absolute atomic E-state index is 0.0409. The first-order valence-corrected chi connectivity index (χ1v) is 21.9. The number of anilines is 1. The predicted octanol–water partition coefficient (Wildman–Crippen LogP) is 5.95.